The van der Waals surface area contributed by atoms with Gasteiger partial charge in [-0.05, 0) is 6.42 Å². The molecule has 0 fully saturated rings. The molecule has 0 aromatic carbocycles. The average Bonchev–Trinajstić information content (AvgIpc) is 3.03. The van der Waals surface area contributed by atoms with Crippen molar-refractivity contribution in [2.75, 3.05) is 6.54 Å². The Morgan fingerprint density at radius 3 is 2.86 bits per heavy atom. The SMILES string of the molecule is Cn1cnc(CCCNS(=O)(=O)c2scnc2C(=O)O)n1. The molecule has 0 saturated heterocycles. The quantitative estimate of drug-likeness (QED) is 0.677. The van der Waals surface area contributed by atoms with Crippen molar-refractivity contribution in [3.05, 3.63) is 23.4 Å². The van der Waals surface area contributed by atoms with E-state index in [9.17, 15) is 13.2 Å². The van der Waals surface area contributed by atoms with Gasteiger partial charge >= 0.3 is 5.97 Å². The van der Waals surface area contributed by atoms with E-state index in [0.29, 0.717) is 18.7 Å². The molecule has 0 radical (unpaired) electrons. The fourth-order valence-corrected chi connectivity index (χ4v) is 3.84. The summed E-state index contributed by atoms with van der Waals surface area (Å²) in [5.41, 5.74) is 0.731. The molecule has 2 aromatic heterocycles. The number of aromatic carboxylic acids is 1. The summed E-state index contributed by atoms with van der Waals surface area (Å²) >= 11 is 0.772. The lowest BCUT2D eigenvalue weighted by atomic mass is 10.3. The van der Waals surface area contributed by atoms with Gasteiger partial charge in [0.15, 0.2) is 15.7 Å². The van der Waals surface area contributed by atoms with E-state index < -0.39 is 21.7 Å². The van der Waals surface area contributed by atoms with Crippen LogP contribution in [0, 0.1) is 0 Å². The monoisotopic (exact) mass is 331 g/mol. The number of carbonyl (C=O) groups is 1. The van der Waals surface area contributed by atoms with Crippen LogP contribution in [-0.4, -0.2) is 45.8 Å². The van der Waals surface area contributed by atoms with Gasteiger partial charge in [-0.3, -0.25) is 4.68 Å². The van der Waals surface area contributed by atoms with Crippen molar-refractivity contribution in [2.45, 2.75) is 17.1 Å². The molecule has 0 aliphatic carbocycles. The van der Waals surface area contributed by atoms with Gasteiger partial charge in [0.2, 0.25) is 0 Å². The van der Waals surface area contributed by atoms with Gasteiger partial charge in [0, 0.05) is 20.0 Å². The highest BCUT2D eigenvalue weighted by Crippen LogP contribution is 2.19. The normalized spacial score (nSPS) is 11.7. The summed E-state index contributed by atoms with van der Waals surface area (Å²) in [5.74, 6) is -0.741. The summed E-state index contributed by atoms with van der Waals surface area (Å²) in [7, 11) is -2.12. The molecule has 0 bridgehead atoms. The minimum atomic E-state index is -3.86. The van der Waals surface area contributed by atoms with Crippen molar-refractivity contribution in [1.82, 2.24) is 24.5 Å². The highest BCUT2D eigenvalue weighted by molar-refractivity contribution is 7.91. The number of hydrogen-bond acceptors (Lipinski definition) is 7. The summed E-state index contributed by atoms with van der Waals surface area (Å²) in [6, 6.07) is 0. The predicted molar refractivity (Wildman–Crippen MR) is 73.6 cm³/mol. The van der Waals surface area contributed by atoms with Crippen molar-refractivity contribution >= 4 is 27.3 Å². The maximum atomic E-state index is 12.0. The molecule has 0 atom stereocenters. The lowest BCUT2D eigenvalue weighted by Gasteiger charge is -2.04. The first-order chi connectivity index (χ1) is 9.90. The van der Waals surface area contributed by atoms with Crippen LogP contribution >= 0.6 is 11.3 Å². The summed E-state index contributed by atoms with van der Waals surface area (Å²) in [6.07, 6.45) is 2.60. The molecule has 21 heavy (non-hydrogen) atoms. The highest BCUT2D eigenvalue weighted by atomic mass is 32.2. The Labute approximate surface area is 124 Å². The van der Waals surface area contributed by atoms with Crippen LogP contribution in [-0.2, 0) is 23.5 Å². The van der Waals surface area contributed by atoms with Gasteiger partial charge in [0.25, 0.3) is 10.0 Å². The number of aryl methyl sites for hydroxylation is 2. The van der Waals surface area contributed by atoms with Gasteiger partial charge in [-0.1, -0.05) is 0 Å². The number of sulfonamides is 1. The van der Waals surface area contributed by atoms with E-state index in [0.717, 1.165) is 11.3 Å². The molecule has 114 valence electrons. The molecule has 0 saturated carbocycles. The van der Waals surface area contributed by atoms with Crippen LogP contribution in [0.2, 0.25) is 0 Å². The standard InChI is InChI=1S/C10H13N5O4S2/c1-15-5-11-7(14-15)3-2-4-13-21(18,19)10-8(9(16)17)12-6-20-10/h5-6,13H,2-4H2,1H3,(H,16,17). The Balaban J connectivity index is 1.92. The van der Waals surface area contributed by atoms with Gasteiger partial charge in [-0.2, -0.15) is 5.10 Å². The molecule has 0 aliphatic heterocycles. The lowest BCUT2D eigenvalue weighted by Crippen LogP contribution is -2.26. The molecule has 0 unspecified atom stereocenters. The Morgan fingerprint density at radius 2 is 2.24 bits per heavy atom. The maximum Gasteiger partial charge on any atom is 0.356 e. The first-order valence-electron chi connectivity index (χ1n) is 5.91. The van der Waals surface area contributed by atoms with Crippen LogP contribution in [0.5, 0.6) is 0 Å². The number of thiazole rings is 1. The third-order valence-electron chi connectivity index (χ3n) is 2.50. The van der Waals surface area contributed by atoms with Crippen LogP contribution < -0.4 is 4.72 Å². The Hall–Kier alpha value is -1.85. The number of nitrogens with zero attached hydrogens (tertiary/aromatic N) is 4. The molecule has 0 amide bonds. The fourth-order valence-electron chi connectivity index (χ4n) is 1.59. The largest absolute Gasteiger partial charge is 0.476 e. The summed E-state index contributed by atoms with van der Waals surface area (Å²) in [4.78, 5) is 18.4. The van der Waals surface area contributed by atoms with Crippen molar-refractivity contribution in [3.8, 4) is 0 Å². The van der Waals surface area contributed by atoms with Crippen LogP contribution in [0.15, 0.2) is 16.0 Å². The van der Waals surface area contributed by atoms with Crippen molar-refractivity contribution < 1.29 is 18.3 Å². The Morgan fingerprint density at radius 1 is 1.48 bits per heavy atom. The third-order valence-corrected chi connectivity index (χ3v) is 5.33. The second-order valence-corrected chi connectivity index (χ2v) is 6.95. The molecule has 2 rings (SSSR count). The van der Waals surface area contributed by atoms with E-state index >= 15 is 0 Å². The van der Waals surface area contributed by atoms with Crippen LogP contribution in [0.3, 0.4) is 0 Å². The van der Waals surface area contributed by atoms with Gasteiger partial charge in [0.05, 0.1) is 5.51 Å². The maximum absolute atomic E-state index is 12.0. The smallest absolute Gasteiger partial charge is 0.356 e. The van der Waals surface area contributed by atoms with Crippen molar-refractivity contribution in [3.63, 3.8) is 0 Å². The second-order valence-electron chi connectivity index (χ2n) is 4.13. The number of rotatable bonds is 7. The lowest BCUT2D eigenvalue weighted by molar-refractivity contribution is 0.0687. The highest BCUT2D eigenvalue weighted by Gasteiger charge is 2.25. The molecule has 0 spiro atoms. The zero-order chi connectivity index (χ0) is 15.5. The molecule has 2 N–H and O–H groups in total. The fraction of sp³-hybridized carbons (Fsp3) is 0.400. The molecule has 11 heteroatoms. The van der Waals surface area contributed by atoms with Gasteiger partial charge in [-0.25, -0.2) is 27.9 Å². The summed E-state index contributed by atoms with van der Waals surface area (Å²) in [5, 5.41) is 12.9. The zero-order valence-electron chi connectivity index (χ0n) is 11.1. The van der Waals surface area contributed by atoms with Gasteiger partial charge in [-0.15, -0.1) is 11.3 Å². The second kappa shape index (κ2) is 6.28. The number of carboxylic acids is 1. The number of nitrogens with one attached hydrogen (secondary N) is 1. The van der Waals surface area contributed by atoms with Gasteiger partial charge in [0.1, 0.15) is 6.33 Å². The molecule has 9 nitrogen and oxygen atoms in total. The molecule has 2 aromatic rings. The number of hydrogen-bond donors (Lipinski definition) is 2. The predicted octanol–water partition coefficient (Wildman–Crippen LogP) is -0.119. The molecule has 2 heterocycles. The van der Waals surface area contributed by atoms with E-state index in [1.807, 2.05) is 0 Å². The Bertz CT molecular complexity index is 736. The van der Waals surface area contributed by atoms with Crippen molar-refractivity contribution in [2.24, 2.45) is 7.05 Å². The first kappa shape index (κ1) is 15.5. The molecular formula is C10H13N5O4S2. The van der Waals surface area contributed by atoms with Crippen LogP contribution in [0.25, 0.3) is 0 Å². The van der Waals surface area contributed by atoms with Crippen LogP contribution in [0.1, 0.15) is 22.7 Å². The molecule has 0 aliphatic rings. The van der Waals surface area contributed by atoms with Gasteiger partial charge < -0.3 is 5.11 Å². The number of aromatic nitrogens is 4. The minimum absolute atomic E-state index is 0.164. The molecular weight excluding hydrogens is 318 g/mol. The van der Waals surface area contributed by atoms with Crippen LogP contribution in [0.4, 0.5) is 0 Å². The number of carboxylic acid groups (broad SMARTS) is 1. The van der Waals surface area contributed by atoms with E-state index in [1.165, 1.54) is 5.51 Å². The van der Waals surface area contributed by atoms with E-state index in [4.69, 9.17) is 5.11 Å². The van der Waals surface area contributed by atoms with E-state index in [2.05, 4.69) is 19.8 Å². The van der Waals surface area contributed by atoms with E-state index in [-0.39, 0.29) is 10.8 Å². The van der Waals surface area contributed by atoms with Crippen molar-refractivity contribution in [1.29, 1.82) is 0 Å². The Kier molecular flexibility index (Phi) is 4.65. The topological polar surface area (TPSA) is 127 Å². The average molecular weight is 331 g/mol. The van der Waals surface area contributed by atoms with E-state index in [1.54, 1.807) is 18.1 Å². The summed E-state index contributed by atoms with van der Waals surface area (Å²) in [6.45, 7) is 0.164. The minimum Gasteiger partial charge on any atom is -0.476 e. The zero-order valence-corrected chi connectivity index (χ0v) is 12.7. The first-order valence-corrected chi connectivity index (χ1v) is 8.27. The summed E-state index contributed by atoms with van der Waals surface area (Å²) < 4.78 is 27.6. The third kappa shape index (κ3) is 3.83.